The molecule has 1 amide bonds. The molecular weight excluding hydrogens is 224 g/mol. The van der Waals surface area contributed by atoms with Crippen LogP contribution in [0.5, 0.6) is 0 Å². The summed E-state index contributed by atoms with van der Waals surface area (Å²) in [6, 6.07) is 0.505. The molecule has 104 valence electrons. The van der Waals surface area contributed by atoms with Crippen LogP contribution in [0.4, 0.5) is 0 Å². The predicted molar refractivity (Wildman–Crippen MR) is 76.6 cm³/mol. The number of amides is 1. The number of hydrogen-bond acceptors (Lipinski definition) is 2. The molecule has 2 N–H and O–H groups in total. The zero-order valence-corrected chi connectivity index (χ0v) is 11.9. The minimum atomic E-state index is 0.169. The zero-order valence-electron chi connectivity index (χ0n) is 11.9. The molecule has 1 aliphatic rings. The van der Waals surface area contributed by atoms with Gasteiger partial charge in [0, 0.05) is 25.6 Å². The maximum absolute atomic E-state index is 11.6. The fraction of sp³-hybridized carbons (Fsp3) is 0.800. The number of allylic oxidation sites excluding steroid dienone is 1. The first-order valence-electron chi connectivity index (χ1n) is 7.40. The second-order valence-corrected chi connectivity index (χ2v) is 5.22. The molecule has 1 unspecified atom stereocenters. The smallest absolute Gasteiger partial charge is 0.221 e. The molecule has 1 aliphatic carbocycles. The summed E-state index contributed by atoms with van der Waals surface area (Å²) in [5.74, 6) is 0.169. The van der Waals surface area contributed by atoms with E-state index in [0.29, 0.717) is 12.5 Å². The van der Waals surface area contributed by atoms with Crippen molar-refractivity contribution in [2.45, 2.75) is 64.8 Å². The Morgan fingerprint density at radius 3 is 2.89 bits per heavy atom. The van der Waals surface area contributed by atoms with E-state index in [0.717, 1.165) is 25.9 Å². The quantitative estimate of drug-likeness (QED) is 0.652. The van der Waals surface area contributed by atoms with Gasteiger partial charge in [0.2, 0.25) is 5.91 Å². The van der Waals surface area contributed by atoms with E-state index in [4.69, 9.17) is 0 Å². The van der Waals surface area contributed by atoms with Gasteiger partial charge >= 0.3 is 0 Å². The van der Waals surface area contributed by atoms with E-state index in [1.807, 2.05) is 0 Å². The maximum Gasteiger partial charge on any atom is 0.221 e. The Morgan fingerprint density at radius 2 is 2.22 bits per heavy atom. The summed E-state index contributed by atoms with van der Waals surface area (Å²) in [4.78, 5) is 11.6. The molecule has 18 heavy (non-hydrogen) atoms. The van der Waals surface area contributed by atoms with Gasteiger partial charge < -0.3 is 10.6 Å². The Balaban J connectivity index is 2.01. The van der Waals surface area contributed by atoms with Crippen LogP contribution in [0.1, 0.15) is 58.8 Å². The minimum Gasteiger partial charge on any atom is -0.356 e. The van der Waals surface area contributed by atoms with Crippen molar-refractivity contribution in [2.24, 2.45) is 0 Å². The first-order valence-corrected chi connectivity index (χ1v) is 7.40. The lowest BCUT2D eigenvalue weighted by atomic mass is 9.97. The third kappa shape index (κ3) is 6.80. The van der Waals surface area contributed by atoms with E-state index in [9.17, 15) is 4.79 Å². The molecule has 0 aromatic heterocycles. The highest BCUT2D eigenvalue weighted by atomic mass is 16.1. The van der Waals surface area contributed by atoms with E-state index in [-0.39, 0.29) is 5.91 Å². The van der Waals surface area contributed by atoms with E-state index in [1.54, 1.807) is 0 Å². The Hall–Kier alpha value is -0.830. The van der Waals surface area contributed by atoms with Gasteiger partial charge in [-0.2, -0.15) is 0 Å². The molecule has 0 radical (unpaired) electrons. The van der Waals surface area contributed by atoms with Crippen molar-refractivity contribution < 1.29 is 4.79 Å². The van der Waals surface area contributed by atoms with Gasteiger partial charge in [-0.15, -0.1) is 0 Å². The van der Waals surface area contributed by atoms with Crippen molar-refractivity contribution in [1.29, 1.82) is 0 Å². The Labute approximate surface area is 111 Å². The fourth-order valence-electron chi connectivity index (χ4n) is 2.16. The molecule has 0 bridgehead atoms. The summed E-state index contributed by atoms with van der Waals surface area (Å²) in [5, 5.41) is 6.33. The maximum atomic E-state index is 11.6. The molecule has 3 nitrogen and oxygen atoms in total. The van der Waals surface area contributed by atoms with Crippen LogP contribution in [0.15, 0.2) is 11.6 Å². The van der Waals surface area contributed by atoms with Crippen molar-refractivity contribution in [3.05, 3.63) is 11.6 Å². The monoisotopic (exact) mass is 252 g/mol. The number of rotatable bonds is 8. The highest BCUT2D eigenvalue weighted by Gasteiger charge is 2.05. The minimum absolute atomic E-state index is 0.169. The van der Waals surface area contributed by atoms with Crippen LogP contribution < -0.4 is 10.6 Å². The molecule has 0 saturated heterocycles. The Bertz CT molecular complexity index is 274. The van der Waals surface area contributed by atoms with Crippen molar-refractivity contribution >= 4 is 5.91 Å². The third-order valence-corrected chi connectivity index (χ3v) is 3.61. The lowest BCUT2D eigenvalue weighted by molar-refractivity contribution is -0.120. The SMILES string of the molecule is CCC(C)NCCC(=O)NCCC1=CCCCC1. The summed E-state index contributed by atoms with van der Waals surface area (Å²) in [6.07, 6.45) is 10.2. The highest BCUT2D eigenvalue weighted by Crippen LogP contribution is 2.19. The standard InChI is InChI=1S/C15H28N2O/c1-3-13(2)16-12-10-15(18)17-11-9-14-7-5-4-6-8-14/h7,13,16H,3-6,8-12H2,1-2H3,(H,17,18). The zero-order chi connectivity index (χ0) is 13.2. The van der Waals surface area contributed by atoms with Crippen molar-refractivity contribution in [3.63, 3.8) is 0 Å². The summed E-state index contributed by atoms with van der Waals surface area (Å²) in [7, 11) is 0. The van der Waals surface area contributed by atoms with Crippen molar-refractivity contribution in [2.75, 3.05) is 13.1 Å². The van der Waals surface area contributed by atoms with Crippen LogP contribution in [-0.4, -0.2) is 25.0 Å². The first-order chi connectivity index (χ1) is 8.72. The summed E-state index contributed by atoms with van der Waals surface area (Å²) in [5.41, 5.74) is 1.53. The van der Waals surface area contributed by atoms with Crippen LogP contribution in [0.3, 0.4) is 0 Å². The molecule has 0 heterocycles. The number of carbonyl (C=O) groups is 1. The van der Waals surface area contributed by atoms with Crippen LogP contribution in [-0.2, 0) is 4.79 Å². The summed E-state index contributed by atoms with van der Waals surface area (Å²) >= 11 is 0. The van der Waals surface area contributed by atoms with Crippen LogP contribution in [0.25, 0.3) is 0 Å². The van der Waals surface area contributed by atoms with Crippen LogP contribution >= 0.6 is 0 Å². The van der Waals surface area contributed by atoms with Gasteiger partial charge in [0.1, 0.15) is 0 Å². The van der Waals surface area contributed by atoms with Gasteiger partial charge in [-0.1, -0.05) is 18.6 Å². The van der Waals surface area contributed by atoms with E-state index in [2.05, 4.69) is 30.6 Å². The Kier molecular flexibility index (Phi) is 7.74. The molecule has 0 aromatic rings. The average Bonchev–Trinajstić information content (AvgIpc) is 2.39. The normalized spacial score (nSPS) is 17.1. The van der Waals surface area contributed by atoms with Gasteiger partial charge in [-0.05, 0) is 45.4 Å². The molecular formula is C15H28N2O. The first kappa shape index (κ1) is 15.2. The van der Waals surface area contributed by atoms with Gasteiger partial charge in [0.15, 0.2) is 0 Å². The summed E-state index contributed by atoms with van der Waals surface area (Å²) in [6.45, 7) is 5.88. The number of carbonyl (C=O) groups excluding carboxylic acids is 1. The van der Waals surface area contributed by atoms with Gasteiger partial charge in [-0.25, -0.2) is 0 Å². The van der Waals surface area contributed by atoms with Gasteiger partial charge in [0.25, 0.3) is 0 Å². The second kappa shape index (κ2) is 9.15. The molecule has 3 heteroatoms. The van der Waals surface area contributed by atoms with Crippen LogP contribution in [0, 0.1) is 0 Å². The largest absolute Gasteiger partial charge is 0.356 e. The van der Waals surface area contributed by atoms with Crippen molar-refractivity contribution in [3.8, 4) is 0 Å². The van der Waals surface area contributed by atoms with E-state index >= 15 is 0 Å². The van der Waals surface area contributed by atoms with E-state index < -0.39 is 0 Å². The molecule has 0 aliphatic heterocycles. The van der Waals surface area contributed by atoms with Gasteiger partial charge in [0.05, 0.1) is 0 Å². The highest BCUT2D eigenvalue weighted by molar-refractivity contribution is 5.76. The molecule has 1 rings (SSSR count). The predicted octanol–water partition coefficient (Wildman–Crippen LogP) is 2.77. The third-order valence-electron chi connectivity index (χ3n) is 3.61. The fourth-order valence-corrected chi connectivity index (χ4v) is 2.16. The molecule has 0 saturated carbocycles. The topological polar surface area (TPSA) is 41.1 Å². The average molecular weight is 252 g/mol. The van der Waals surface area contributed by atoms with E-state index in [1.165, 1.54) is 31.3 Å². The summed E-state index contributed by atoms with van der Waals surface area (Å²) < 4.78 is 0. The lowest BCUT2D eigenvalue weighted by Crippen LogP contribution is -2.32. The number of hydrogen-bond donors (Lipinski definition) is 2. The number of nitrogens with one attached hydrogen (secondary N) is 2. The molecule has 1 atom stereocenters. The van der Waals surface area contributed by atoms with Gasteiger partial charge in [-0.3, -0.25) is 4.79 Å². The molecule has 0 spiro atoms. The molecule has 0 fully saturated rings. The van der Waals surface area contributed by atoms with Crippen molar-refractivity contribution in [1.82, 2.24) is 10.6 Å². The van der Waals surface area contributed by atoms with Crippen LogP contribution in [0.2, 0.25) is 0 Å². The second-order valence-electron chi connectivity index (χ2n) is 5.22. The molecule has 0 aromatic carbocycles. The Morgan fingerprint density at radius 1 is 1.39 bits per heavy atom. The lowest BCUT2D eigenvalue weighted by Gasteiger charge is -2.13.